The first kappa shape index (κ1) is 14.1. The first-order valence-electron chi connectivity index (χ1n) is 5.31. The predicted molar refractivity (Wildman–Crippen MR) is 72.8 cm³/mol. The maximum atomic E-state index is 11.5. The Balaban J connectivity index is 3.20. The maximum absolute atomic E-state index is 11.5. The van der Waals surface area contributed by atoms with E-state index in [2.05, 4.69) is 27.3 Å². The first-order chi connectivity index (χ1) is 8.13. The summed E-state index contributed by atoms with van der Waals surface area (Å²) in [5, 5.41) is 0. The van der Waals surface area contributed by atoms with Crippen molar-refractivity contribution in [3.05, 3.63) is 21.3 Å². The first-order valence-corrected chi connectivity index (χ1v) is 6.39. The second-order valence-electron chi connectivity index (χ2n) is 3.14. The molecule has 0 N–H and O–H groups in total. The average molecular weight is 350 g/mol. The summed E-state index contributed by atoms with van der Waals surface area (Å²) >= 11 is 2.14. The minimum absolute atomic E-state index is 0.400. The van der Waals surface area contributed by atoms with Gasteiger partial charge in [-0.1, -0.05) is 0 Å². The van der Waals surface area contributed by atoms with E-state index in [0.717, 1.165) is 3.57 Å². The summed E-state index contributed by atoms with van der Waals surface area (Å²) in [4.78, 5) is 11.5. The fourth-order valence-corrected chi connectivity index (χ4v) is 1.95. The normalized spacial score (nSPS) is 9.88. The van der Waals surface area contributed by atoms with Gasteiger partial charge in [-0.05, 0) is 48.6 Å². The zero-order valence-corrected chi connectivity index (χ0v) is 12.2. The van der Waals surface area contributed by atoms with Gasteiger partial charge in [0.1, 0.15) is 11.5 Å². The van der Waals surface area contributed by atoms with Crippen LogP contribution in [0.25, 0.3) is 0 Å². The number of carbonyl (C=O) groups is 1. The van der Waals surface area contributed by atoms with Gasteiger partial charge in [0.05, 0.1) is 29.5 Å². The zero-order chi connectivity index (χ0) is 12.8. The van der Waals surface area contributed by atoms with Crippen LogP contribution in [0.2, 0.25) is 0 Å². The van der Waals surface area contributed by atoms with Crippen LogP contribution in [-0.2, 0) is 4.74 Å². The van der Waals surface area contributed by atoms with Gasteiger partial charge in [-0.2, -0.15) is 0 Å². The highest BCUT2D eigenvalue weighted by molar-refractivity contribution is 14.1. The fraction of sp³-hybridized carbons (Fsp3) is 0.417. The van der Waals surface area contributed by atoms with Gasteiger partial charge < -0.3 is 14.2 Å². The minimum atomic E-state index is -0.400. The predicted octanol–water partition coefficient (Wildman–Crippen LogP) is 2.88. The smallest absolute Gasteiger partial charge is 0.338 e. The van der Waals surface area contributed by atoms with Crippen LogP contribution < -0.4 is 9.47 Å². The third kappa shape index (κ3) is 3.49. The molecular weight excluding hydrogens is 335 g/mol. The highest BCUT2D eigenvalue weighted by Gasteiger charge is 2.15. The van der Waals surface area contributed by atoms with Crippen molar-refractivity contribution in [2.75, 3.05) is 20.3 Å². The summed E-state index contributed by atoms with van der Waals surface area (Å²) in [7, 11) is 1.35. The van der Waals surface area contributed by atoms with Gasteiger partial charge in [0.15, 0.2) is 0 Å². The highest BCUT2D eigenvalue weighted by Crippen LogP contribution is 2.32. The van der Waals surface area contributed by atoms with E-state index >= 15 is 0 Å². The van der Waals surface area contributed by atoms with E-state index in [4.69, 9.17) is 9.47 Å². The molecule has 0 aliphatic heterocycles. The van der Waals surface area contributed by atoms with Crippen molar-refractivity contribution in [3.8, 4) is 11.5 Å². The van der Waals surface area contributed by atoms with Crippen molar-refractivity contribution < 1.29 is 19.0 Å². The SMILES string of the molecule is CCOc1cc(C(=O)OC)cc(OCC)c1I. The van der Waals surface area contributed by atoms with Gasteiger partial charge in [-0.15, -0.1) is 0 Å². The molecule has 0 heterocycles. The van der Waals surface area contributed by atoms with Crippen LogP contribution in [-0.4, -0.2) is 26.3 Å². The Hall–Kier alpha value is -0.980. The Morgan fingerprint density at radius 3 is 2.00 bits per heavy atom. The quantitative estimate of drug-likeness (QED) is 0.605. The van der Waals surface area contributed by atoms with Gasteiger partial charge in [0, 0.05) is 0 Å². The van der Waals surface area contributed by atoms with Crippen LogP contribution in [0.15, 0.2) is 12.1 Å². The van der Waals surface area contributed by atoms with Crippen molar-refractivity contribution >= 4 is 28.6 Å². The summed E-state index contributed by atoms with van der Waals surface area (Å²) < 4.78 is 16.5. The molecule has 0 saturated carbocycles. The minimum Gasteiger partial charge on any atom is -0.493 e. The Bertz CT molecular complexity index is 376. The molecule has 1 aromatic carbocycles. The summed E-state index contributed by atoms with van der Waals surface area (Å²) in [5.74, 6) is 0.877. The summed E-state index contributed by atoms with van der Waals surface area (Å²) in [6, 6.07) is 3.33. The average Bonchev–Trinajstić information content (AvgIpc) is 2.33. The lowest BCUT2D eigenvalue weighted by Gasteiger charge is -2.12. The van der Waals surface area contributed by atoms with Crippen LogP contribution in [0.1, 0.15) is 24.2 Å². The molecule has 0 fully saturated rings. The number of benzene rings is 1. The summed E-state index contributed by atoms with van der Waals surface area (Å²) in [6.45, 7) is 4.85. The Kier molecular flexibility index (Phi) is 5.54. The Morgan fingerprint density at radius 1 is 1.18 bits per heavy atom. The van der Waals surface area contributed by atoms with Crippen LogP contribution in [0, 0.1) is 3.57 Å². The molecule has 0 aliphatic carbocycles. The molecule has 94 valence electrons. The molecule has 0 radical (unpaired) electrons. The van der Waals surface area contributed by atoms with Gasteiger partial charge in [-0.25, -0.2) is 4.79 Å². The second-order valence-corrected chi connectivity index (χ2v) is 4.22. The van der Waals surface area contributed by atoms with Crippen LogP contribution >= 0.6 is 22.6 Å². The Morgan fingerprint density at radius 2 is 1.65 bits per heavy atom. The number of hydrogen-bond donors (Lipinski definition) is 0. The topological polar surface area (TPSA) is 44.8 Å². The summed E-state index contributed by atoms with van der Waals surface area (Å²) in [5.41, 5.74) is 0.430. The van der Waals surface area contributed by atoms with Crippen molar-refractivity contribution in [3.63, 3.8) is 0 Å². The lowest BCUT2D eigenvalue weighted by molar-refractivity contribution is 0.0599. The van der Waals surface area contributed by atoms with Crippen molar-refractivity contribution in [1.82, 2.24) is 0 Å². The zero-order valence-electron chi connectivity index (χ0n) is 10.1. The molecule has 17 heavy (non-hydrogen) atoms. The molecule has 0 aliphatic rings. The monoisotopic (exact) mass is 350 g/mol. The molecular formula is C12H15IO4. The van der Waals surface area contributed by atoms with E-state index in [-0.39, 0.29) is 0 Å². The number of hydrogen-bond acceptors (Lipinski definition) is 4. The number of methoxy groups -OCH3 is 1. The molecule has 4 nitrogen and oxygen atoms in total. The lowest BCUT2D eigenvalue weighted by atomic mass is 10.2. The van der Waals surface area contributed by atoms with E-state index < -0.39 is 5.97 Å². The molecule has 1 rings (SSSR count). The van der Waals surface area contributed by atoms with Gasteiger partial charge >= 0.3 is 5.97 Å². The molecule has 0 unspecified atom stereocenters. The molecule has 1 aromatic rings. The molecule has 0 amide bonds. The number of carbonyl (C=O) groups excluding carboxylic acids is 1. The van der Waals surface area contributed by atoms with Crippen LogP contribution in [0.3, 0.4) is 0 Å². The van der Waals surface area contributed by atoms with Crippen LogP contribution in [0.4, 0.5) is 0 Å². The molecule has 0 saturated heterocycles. The molecule has 5 heteroatoms. The molecule has 0 aromatic heterocycles. The molecule has 0 atom stereocenters. The number of halogens is 1. The van der Waals surface area contributed by atoms with Crippen LogP contribution in [0.5, 0.6) is 11.5 Å². The number of rotatable bonds is 5. The van der Waals surface area contributed by atoms with Gasteiger partial charge in [0.25, 0.3) is 0 Å². The standard InChI is InChI=1S/C12H15IO4/c1-4-16-9-6-8(12(14)15-3)7-10(11(9)13)17-5-2/h6-7H,4-5H2,1-3H3. The van der Waals surface area contributed by atoms with E-state index in [1.165, 1.54) is 7.11 Å². The van der Waals surface area contributed by atoms with E-state index in [0.29, 0.717) is 30.3 Å². The maximum Gasteiger partial charge on any atom is 0.338 e. The Labute approximate surface area is 114 Å². The van der Waals surface area contributed by atoms with E-state index in [9.17, 15) is 4.79 Å². The van der Waals surface area contributed by atoms with Crippen molar-refractivity contribution in [2.24, 2.45) is 0 Å². The third-order valence-electron chi connectivity index (χ3n) is 2.03. The molecule has 0 bridgehead atoms. The number of ether oxygens (including phenoxy) is 3. The van der Waals surface area contributed by atoms with Gasteiger partial charge in [0.2, 0.25) is 0 Å². The van der Waals surface area contributed by atoms with Crippen molar-refractivity contribution in [2.45, 2.75) is 13.8 Å². The lowest BCUT2D eigenvalue weighted by Crippen LogP contribution is -2.05. The highest BCUT2D eigenvalue weighted by atomic mass is 127. The van der Waals surface area contributed by atoms with E-state index in [1.54, 1.807) is 12.1 Å². The van der Waals surface area contributed by atoms with E-state index in [1.807, 2.05) is 13.8 Å². The molecule has 0 spiro atoms. The fourth-order valence-electron chi connectivity index (χ4n) is 1.33. The van der Waals surface area contributed by atoms with Gasteiger partial charge in [-0.3, -0.25) is 0 Å². The third-order valence-corrected chi connectivity index (χ3v) is 3.09. The number of esters is 1. The second kappa shape index (κ2) is 6.68. The largest absolute Gasteiger partial charge is 0.493 e. The summed E-state index contributed by atoms with van der Waals surface area (Å²) in [6.07, 6.45) is 0. The van der Waals surface area contributed by atoms with Crippen molar-refractivity contribution in [1.29, 1.82) is 0 Å².